The minimum atomic E-state index is 0.424. The summed E-state index contributed by atoms with van der Waals surface area (Å²) in [6, 6.07) is 0. The summed E-state index contributed by atoms with van der Waals surface area (Å²) < 4.78 is 0. The standard InChI is InChI=1S/C10H17NO/c1-10(2)5-8(10)6-11-4-3-9(12)7-11/h8H,3-7H2,1-2H3. The Labute approximate surface area is 73.9 Å². The average Bonchev–Trinajstić information content (AvgIpc) is 2.41. The molecule has 0 bridgehead atoms. The Hall–Kier alpha value is -0.370. The molecule has 1 saturated heterocycles. The fourth-order valence-electron chi connectivity index (χ4n) is 2.05. The van der Waals surface area contributed by atoms with Gasteiger partial charge in [-0.1, -0.05) is 13.8 Å². The molecule has 2 fully saturated rings. The summed E-state index contributed by atoms with van der Waals surface area (Å²) in [5.41, 5.74) is 0.561. The Morgan fingerprint density at radius 2 is 2.25 bits per heavy atom. The number of hydrogen-bond acceptors (Lipinski definition) is 2. The SMILES string of the molecule is CC1(C)CC1CN1CCC(=O)C1. The van der Waals surface area contributed by atoms with E-state index in [4.69, 9.17) is 0 Å². The summed E-state index contributed by atoms with van der Waals surface area (Å²) in [6.45, 7) is 7.50. The maximum Gasteiger partial charge on any atom is 0.148 e. The highest BCUT2D eigenvalue weighted by molar-refractivity contribution is 5.82. The van der Waals surface area contributed by atoms with E-state index in [1.807, 2.05) is 0 Å². The van der Waals surface area contributed by atoms with E-state index in [-0.39, 0.29) is 0 Å². The number of hydrogen-bond donors (Lipinski definition) is 0. The highest BCUT2D eigenvalue weighted by Gasteiger charge is 2.46. The Balaban J connectivity index is 1.78. The van der Waals surface area contributed by atoms with Crippen LogP contribution in [0, 0.1) is 11.3 Å². The second kappa shape index (κ2) is 2.56. The van der Waals surface area contributed by atoms with Crippen molar-refractivity contribution in [3.05, 3.63) is 0 Å². The first-order valence-corrected chi connectivity index (χ1v) is 4.82. The van der Waals surface area contributed by atoms with Gasteiger partial charge in [0.1, 0.15) is 5.78 Å². The molecule has 68 valence electrons. The molecule has 1 aliphatic carbocycles. The van der Waals surface area contributed by atoms with E-state index >= 15 is 0 Å². The van der Waals surface area contributed by atoms with Crippen LogP contribution in [0.2, 0.25) is 0 Å². The first-order valence-electron chi connectivity index (χ1n) is 4.82. The minimum absolute atomic E-state index is 0.424. The lowest BCUT2D eigenvalue weighted by atomic mass is 10.1. The summed E-state index contributed by atoms with van der Waals surface area (Å²) in [5.74, 6) is 1.27. The molecule has 0 aromatic rings. The number of likely N-dealkylation sites (tertiary alicyclic amines) is 1. The first-order chi connectivity index (χ1) is 5.58. The van der Waals surface area contributed by atoms with E-state index in [9.17, 15) is 4.79 Å². The van der Waals surface area contributed by atoms with Crippen molar-refractivity contribution in [3.8, 4) is 0 Å². The molecule has 1 atom stereocenters. The average molecular weight is 167 g/mol. The highest BCUT2D eigenvalue weighted by atomic mass is 16.1. The molecule has 0 aromatic heterocycles. The zero-order valence-electron chi connectivity index (χ0n) is 7.97. The van der Waals surface area contributed by atoms with E-state index in [1.54, 1.807) is 0 Å². The maximum atomic E-state index is 11.0. The van der Waals surface area contributed by atoms with Gasteiger partial charge in [-0.05, 0) is 17.8 Å². The number of Topliss-reactive ketones (excluding diaryl/α,β-unsaturated/α-hetero) is 1. The van der Waals surface area contributed by atoms with Gasteiger partial charge < -0.3 is 0 Å². The van der Waals surface area contributed by atoms with Crippen LogP contribution in [-0.4, -0.2) is 30.3 Å². The van der Waals surface area contributed by atoms with Crippen molar-refractivity contribution in [2.24, 2.45) is 11.3 Å². The van der Waals surface area contributed by atoms with Crippen LogP contribution in [0.25, 0.3) is 0 Å². The van der Waals surface area contributed by atoms with Crippen LogP contribution < -0.4 is 0 Å². The molecule has 0 amide bonds. The van der Waals surface area contributed by atoms with Crippen LogP contribution in [0.5, 0.6) is 0 Å². The third kappa shape index (κ3) is 1.53. The molecule has 0 N–H and O–H groups in total. The number of nitrogens with zero attached hydrogens (tertiary/aromatic N) is 1. The van der Waals surface area contributed by atoms with Gasteiger partial charge >= 0.3 is 0 Å². The number of rotatable bonds is 2. The van der Waals surface area contributed by atoms with Gasteiger partial charge in [-0.3, -0.25) is 9.69 Å². The molecular formula is C10H17NO. The molecule has 2 rings (SSSR count). The van der Waals surface area contributed by atoms with Gasteiger partial charge in [0.25, 0.3) is 0 Å². The highest BCUT2D eigenvalue weighted by Crippen LogP contribution is 2.51. The summed E-state index contributed by atoms with van der Waals surface area (Å²) in [6.07, 6.45) is 2.13. The lowest BCUT2D eigenvalue weighted by molar-refractivity contribution is -0.116. The van der Waals surface area contributed by atoms with Crippen molar-refractivity contribution < 1.29 is 4.79 Å². The van der Waals surface area contributed by atoms with E-state index in [0.717, 1.165) is 25.4 Å². The molecular weight excluding hydrogens is 150 g/mol. The second-order valence-electron chi connectivity index (χ2n) is 4.91. The van der Waals surface area contributed by atoms with Gasteiger partial charge in [-0.15, -0.1) is 0 Å². The van der Waals surface area contributed by atoms with Crippen LogP contribution >= 0.6 is 0 Å². The quantitative estimate of drug-likeness (QED) is 0.618. The van der Waals surface area contributed by atoms with Crippen molar-refractivity contribution in [3.63, 3.8) is 0 Å². The van der Waals surface area contributed by atoms with Gasteiger partial charge in [0.2, 0.25) is 0 Å². The molecule has 1 saturated carbocycles. The van der Waals surface area contributed by atoms with E-state index in [2.05, 4.69) is 18.7 Å². The predicted octanol–water partition coefficient (Wildman–Crippen LogP) is 1.31. The third-order valence-electron chi connectivity index (χ3n) is 3.30. The van der Waals surface area contributed by atoms with Crippen LogP contribution in [0.1, 0.15) is 26.7 Å². The van der Waals surface area contributed by atoms with Crippen molar-refractivity contribution >= 4 is 5.78 Å². The Morgan fingerprint density at radius 1 is 1.58 bits per heavy atom. The van der Waals surface area contributed by atoms with Gasteiger partial charge in [0.05, 0.1) is 6.54 Å². The fraction of sp³-hybridized carbons (Fsp3) is 0.900. The Morgan fingerprint density at radius 3 is 2.67 bits per heavy atom. The molecule has 0 aromatic carbocycles. The van der Waals surface area contributed by atoms with Crippen LogP contribution in [0.4, 0.5) is 0 Å². The van der Waals surface area contributed by atoms with Crippen LogP contribution in [-0.2, 0) is 4.79 Å². The van der Waals surface area contributed by atoms with Gasteiger partial charge in [0, 0.05) is 19.5 Å². The fourth-order valence-corrected chi connectivity index (χ4v) is 2.05. The molecule has 12 heavy (non-hydrogen) atoms. The number of carbonyl (C=O) groups is 1. The van der Waals surface area contributed by atoms with Crippen molar-refractivity contribution in [1.82, 2.24) is 4.90 Å². The van der Waals surface area contributed by atoms with Crippen LogP contribution in [0.15, 0.2) is 0 Å². The minimum Gasteiger partial charge on any atom is -0.298 e. The smallest absolute Gasteiger partial charge is 0.148 e. The zero-order chi connectivity index (χ0) is 8.77. The molecule has 1 heterocycles. The normalized spacial score (nSPS) is 34.2. The lowest BCUT2D eigenvalue weighted by Crippen LogP contribution is -2.24. The van der Waals surface area contributed by atoms with E-state index < -0.39 is 0 Å². The summed E-state index contributed by atoms with van der Waals surface area (Å²) >= 11 is 0. The van der Waals surface area contributed by atoms with Gasteiger partial charge in [0.15, 0.2) is 0 Å². The lowest BCUT2D eigenvalue weighted by Gasteiger charge is -2.14. The van der Waals surface area contributed by atoms with E-state index in [1.165, 1.54) is 6.42 Å². The molecule has 2 heteroatoms. The van der Waals surface area contributed by atoms with Crippen molar-refractivity contribution in [1.29, 1.82) is 0 Å². The number of carbonyl (C=O) groups excluding carboxylic acids is 1. The summed E-state index contributed by atoms with van der Waals surface area (Å²) in [5, 5.41) is 0. The topological polar surface area (TPSA) is 20.3 Å². The first kappa shape index (κ1) is 8.24. The number of ketones is 1. The molecule has 1 unspecified atom stereocenters. The van der Waals surface area contributed by atoms with Gasteiger partial charge in [-0.25, -0.2) is 0 Å². The van der Waals surface area contributed by atoms with Crippen LogP contribution in [0.3, 0.4) is 0 Å². The van der Waals surface area contributed by atoms with Gasteiger partial charge in [-0.2, -0.15) is 0 Å². The largest absolute Gasteiger partial charge is 0.298 e. The Bertz CT molecular complexity index is 210. The third-order valence-corrected chi connectivity index (χ3v) is 3.30. The summed E-state index contributed by atoms with van der Waals surface area (Å²) in [7, 11) is 0. The second-order valence-corrected chi connectivity index (χ2v) is 4.91. The molecule has 1 aliphatic heterocycles. The molecule has 2 aliphatic rings. The maximum absolute atomic E-state index is 11.0. The monoisotopic (exact) mass is 167 g/mol. The molecule has 2 nitrogen and oxygen atoms in total. The summed E-state index contributed by atoms with van der Waals surface area (Å²) in [4.78, 5) is 13.3. The zero-order valence-corrected chi connectivity index (χ0v) is 7.97. The van der Waals surface area contributed by atoms with Crippen molar-refractivity contribution in [2.45, 2.75) is 26.7 Å². The van der Waals surface area contributed by atoms with E-state index in [0.29, 0.717) is 17.7 Å². The Kier molecular flexibility index (Phi) is 1.76. The molecule has 0 radical (unpaired) electrons. The predicted molar refractivity (Wildman–Crippen MR) is 48.0 cm³/mol. The molecule has 0 spiro atoms. The van der Waals surface area contributed by atoms with Crippen molar-refractivity contribution in [2.75, 3.05) is 19.6 Å².